The maximum Gasteiger partial charge on any atom is 0.237 e. The van der Waals surface area contributed by atoms with E-state index < -0.39 is 0 Å². The molecule has 122 valence electrons. The Bertz CT molecular complexity index is 786. The molecule has 0 spiro atoms. The Kier molecular flexibility index (Phi) is 5.11. The van der Waals surface area contributed by atoms with Crippen LogP contribution in [0.15, 0.2) is 35.6 Å². The predicted octanol–water partition coefficient (Wildman–Crippen LogP) is 3.35. The summed E-state index contributed by atoms with van der Waals surface area (Å²) in [5, 5.41) is 12.6. The lowest BCUT2D eigenvalue weighted by Crippen LogP contribution is -2.25. The molecule has 2 heterocycles. The summed E-state index contributed by atoms with van der Waals surface area (Å²) in [5.74, 6) is -0.0957. The van der Waals surface area contributed by atoms with Gasteiger partial charge in [0.25, 0.3) is 0 Å². The molecule has 0 fully saturated rings. The van der Waals surface area contributed by atoms with Crippen molar-refractivity contribution in [1.29, 1.82) is 5.26 Å². The number of thioether (sulfide) groups is 1. The summed E-state index contributed by atoms with van der Waals surface area (Å²) in [6, 6.07) is 7.73. The average Bonchev–Trinajstić information content (AvgIpc) is 3.06. The number of rotatable bonds is 5. The predicted molar refractivity (Wildman–Crippen MR) is 93.8 cm³/mol. The van der Waals surface area contributed by atoms with Crippen LogP contribution in [-0.4, -0.2) is 21.1 Å². The van der Waals surface area contributed by atoms with Crippen molar-refractivity contribution in [3.8, 4) is 6.07 Å². The van der Waals surface area contributed by atoms with Crippen molar-refractivity contribution < 1.29 is 4.79 Å². The lowest BCUT2D eigenvalue weighted by molar-refractivity contribution is -0.115. The maximum absolute atomic E-state index is 12.5. The Balaban J connectivity index is 1.78. The van der Waals surface area contributed by atoms with Crippen molar-refractivity contribution >= 4 is 23.4 Å². The second-order valence-electron chi connectivity index (χ2n) is 5.66. The van der Waals surface area contributed by atoms with Crippen LogP contribution in [-0.2, 0) is 17.6 Å². The second kappa shape index (κ2) is 7.45. The molecular formula is C18H18N4OS. The van der Waals surface area contributed by atoms with Gasteiger partial charge in [0.05, 0.1) is 22.7 Å². The van der Waals surface area contributed by atoms with Gasteiger partial charge in [-0.3, -0.25) is 9.78 Å². The molecule has 3 rings (SSSR count). The van der Waals surface area contributed by atoms with Gasteiger partial charge in [-0.1, -0.05) is 18.7 Å². The number of fused-ring (bicyclic) bond motifs is 1. The first-order valence-electron chi connectivity index (χ1n) is 8.01. The maximum atomic E-state index is 12.5. The van der Waals surface area contributed by atoms with Crippen molar-refractivity contribution in [1.82, 2.24) is 9.97 Å². The summed E-state index contributed by atoms with van der Waals surface area (Å²) in [6.07, 6.45) is 6.95. The van der Waals surface area contributed by atoms with Crippen molar-refractivity contribution in [3.63, 3.8) is 0 Å². The van der Waals surface area contributed by atoms with E-state index in [0.29, 0.717) is 22.7 Å². The molecule has 1 atom stereocenters. The molecule has 6 heteroatoms. The minimum absolute atomic E-state index is 0.0957. The summed E-state index contributed by atoms with van der Waals surface area (Å²) in [4.78, 5) is 21.2. The number of amides is 1. The van der Waals surface area contributed by atoms with Gasteiger partial charge in [-0.2, -0.15) is 5.26 Å². The number of nitriles is 1. The molecule has 0 radical (unpaired) electrons. The van der Waals surface area contributed by atoms with Gasteiger partial charge in [0.1, 0.15) is 11.1 Å². The van der Waals surface area contributed by atoms with E-state index in [9.17, 15) is 10.1 Å². The summed E-state index contributed by atoms with van der Waals surface area (Å²) >= 11 is 1.37. The van der Waals surface area contributed by atoms with Crippen LogP contribution in [0.4, 0.5) is 5.69 Å². The van der Waals surface area contributed by atoms with E-state index in [1.165, 1.54) is 17.3 Å². The number of carbonyl (C=O) groups is 1. The van der Waals surface area contributed by atoms with Gasteiger partial charge in [0, 0.05) is 11.9 Å². The molecular weight excluding hydrogens is 320 g/mol. The molecule has 1 unspecified atom stereocenters. The Labute approximate surface area is 145 Å². The number of pyridine rings is 2. The third-order valence-electron chi connectivity index (χ3n) is 3.98. The van der Waals surface area contributed by atoms with E-state index in [4.69, 9.17) is 0 Å². The molecule has 1 amide bonds. The fraction of sp³-hybridized carbons (Fsp3) is 0.333. The summed E-state index contributed by atoms with van der Waals surface area (Å²) < 4.78 is 0. The third-order valence-corrected chi connectivity index (χ3v) is 5.35. The highest BCUT2D eigenvalue weighted by molar-refractivity contribution is 8.00. The number of anilines is 1. The highest BCUT2D eigenvalue weighted by Gasteiger charge is 2.23. The number of nitrogens with zero attached hydrogens (tertiary/aromatic N) is 3. The van der Waals surface area contributed by atoms with Crippen molar-refractivity contribution in [2.45, 2.75) is 42.9 Å². The Morgan fingerprint density at radius 1 is 1.50 bits per heavy atom. The van der Waals surface area contributed by atoms with Gasteiger partial charge in [-0.05, 0) is 49.4 Å². The lowest BCUT2D eigenvalue weighted by Gasteiger charge is -2.15. The molecule has 2 aromatic rings. The van der Waals surface area contributed by atoms with Crippen LogP contribution >= 0.6 is 11.8 Å². The minimum atomic E-state index is -0.302. The number of hydrogen-bond donors (Lipinski definition) is 1. The molecule has 5 nitrogen and oxygen atoms in total. The van der Waals surface area contributed by atoms with Crippen molar-refractivity contribution in [2.24, 2.45) is 0 Å². The van der Waals surface area contributed by atoms with Crippen molar-refractivity contribution in [3.05, 3.63) is 47.4 Å². The SMILES string of the molecule is CCC(Sc1nc2c(cc1C#N)CCC2)C(=O)Nc1cccnc1. The molecule has 0 saturated heterocycles. The number of carbonyl (C=O) groups excluding carboxylic acids is 1. The monoisotopic (exact) mass is 338 g/mol. The summed E-state index contributed by atoms with van der Waals surface area (Å²) in [5.41, 5.74) is 3.47. The molecule has 0 aromatic carbocycles. The van der Waals surface area contributed by atoms with Gasteiger partial charge in [0.15, 0.2) is 0 Å². The first-order chi connectivity index (χ1) is 11.7. The molecule has 1 aliphatic rings. The van der Waals surface area contributed by atoms with Crippen LogP contribution in [0.1, 0.15) is 36.6 Å². The van der Waals surface area contributed by atoms with E-state index >= 15 is 0 Å². The molecule has 1 N–H and O–H groups in total. The van der Waals surface area contributed by atoms with E-state index in [0.717, 1.165) is 25.0 Å². The number of nitrogens with one attached hydrogen (secondary N) is 1. The number of aryl methyl sites for hydroxylation is 2. The second-order valence-corrected chi connectivity index (χ2v) is 6.85. The molecule has 1 aliphatic carbocycles. The highest BCUT2D eigenvalue weighted by atomic mass is 32.2. The zero-order valence-corrected chi connectivity index (χ0v) is 14.3. The van der Waals surface area contributed by atoms with Crippen LogP contribution in [0, 0.1) is 11.3 Å². The average molecular weight is 338 g/mol. The van der Waals surface area contributed by atoms with Gasteiger partial charge in [0.2, 0.25) is 5.91 Å². The topological polar surface area (TPSA) is 78.7 Å². The highest BCUT2D eigenvalue weighted by Crippen LogP contribution is 2.31. The number of hydrogen-bond acceptors (Lipinski definition) is 5. The first kappa shape index (κ1) is 16.5. The van der Waals surface area contributed by atoms with Gasteiger partial charge in [-0.25, -0.2) is 4.98 Å². The third kappa shape index (κ3) is 3.57. The number of aromatic nitrogens is 2. The molecule has 0 bridgehead atoms. The normalized spacial score (nSPS) is 13.8. The van der Waals surface area contributed by atoms with Gasteiger partial charge in [-0.15, -0.1) is 0 Å². The quantitative estimate of drug-likeness (QED) is 0.846. The lowest BCUT2D eigenvalue weighted by atomic mass is 10.2. The van der Waals surface area contributed by atoms with E-state index in [1.807, 2.05) is 13.0 Å². The minimum Gasteiger partial charge on any atom is -0.324 e. The Morgan fingerprint density at radius 2 is 2.38 bits per heavy atom. The summed E-state index contributed by atoms with van der Waals surface area (Å²) in [6.45, 7) is 1.96. The molecule has 0 saturated carbocycles. The molecule has 24 heavy (non-hydrogen) atoms. The van der Waals surface area contributed by atoms with Gasteiger partial charge < -0.3 is 5.32 Å². The van der Waals surface area contributed by atoms with E-state index in [1.54, 1.807) is 24.5 Å². The Morgan fingerprint density at radius 3 is 3.08 bits per heavy atom. The van der Waals surface area contributed by atoms with Crippen LogP contribution < -0.4 is 5.32 Å². The van der Waals surface area contributed by atoms with E-state index in [-0.39, 0.29) is 11.2 Å². The molecule has 0 aliphatic heterocycles. The Hall–Kier alpha value is -2.39. The fourth-order valence-electron chi connectivity index (χ4n) is 2.74. The van der Waals surface area contributed by atoms with Crippen LogP contribution in [0.3, 0.4) is 0 Å². The van der Waals surface area contributed by atoms with Crippen LogP contribution in [0.25, 0.3) is 0 Å². The fourth-order valence-corrected chi connectivity index (χ4v) is 3.74. The van der Waals surface area contributed by atoms with Crippen LogP contribution in [0.2, 0.25) is 0 Å². The van der Waals surface area contributed by atoms with Gasteiger partial charge >= 0.3 is 0 Å². The zero-order valence-electron chi connectivity index (χ0n) is 13.5. The zero-order chi connectivity index (χ0) is 16.9. The molecule has 2 aromatic heterocycles. The standard InChI is InChI=1S/C18H18N4OS/c1-2-16(17(23)21-14-6-4-8-20-11-14)24-18-13(10-19)9-12-5-3-7-15(12)22-18/h4,6,8-9,11,16H,2-3,5,7H2,1H3,(H,21,23). The largest absolute Gasteiger partial charge is 0.324 e. The summed E-state index contributed by atoms with van der Waals surface area (Å²) in [7, 11) is 0. The van der Waals surface area contributed by atoms with Crippen LogP contribution in [0.5, 0.6) is 0 Å². The first-order valence-corrected chi connectivity index (χ1v) is 8.89. The van der Waals surface area contributed by atoms with Crippen molar-refractivity contribution in [2.75, 3.05) is 5.32 Å². The smallest absolute Gasteiger partial charge is 0.237 e. The van der Waals surface area contributed by atoms with E-state index in [2.05, 4.69) is 21.4 Å².